The first-order valence-electron chi connectivity index (χ1n) is 8.60. The van der Waals surface area contributed by atoms with Crippen LogP contribution in [0, 0.1) is 0 Å². The zero-order valence-corrected chi connectivity index (χ0v) is 14.3. The van der Waals surface area contributed by atoms with Gasteiger partial charge in [0.05, 0.1) is 12.2 Å². The zero-order valence-electron chi connectivity index (χ0n) is 14.3. The third kappa shape index (κ3) is 3.22. The lowest BCUT2D eigenvalue weighted by Gasteiger charge is -2.24. The molecule has 1 aromatic heterocycles. The highest BCUT2D eigenvalue weighted by molar-refractivity contribution is 5.84. The van der Waals surface area contributed by atoms with Crippen LogP contribution in [-0.4, -0.2) is 33.7 Å². The minimum Gasteiger partial charge on any atom is -0.484 e. The Morgan fingerprint density at radius 3 is 2.88 bits per heavy atom. The molecular weight excluding hydrogens is 314 g/mol. The normalized spacial score (nSPS) is 17.2. The highest BCUT2D eigenvalue weighted by Crippen LogP contribution is 2.31. The van der Waals surface area contributed by atoms with E-state index in [4.69, 9.17) is 4.74 Å². The molecule has 1 amide bonds. The summed E-state index contributed by atoms with van der Waals surface area (Å²) in [6.45, 7) is 0.842. The van der Waals surface area contributed by atoms with Gasteiger partial charge in [-0.3, -0.25) is 9.48 Å². The van der Waals surface area contributed by atoms with Crippen molar-refractivity contribution < 1.29 is 9.53 Å². The van der Waals surface area contributed by atoms with Gasteiger partial charge in [-0.2, -0.15) is 5.10 Å². The van der Waals surface area contributed by atoms with Crippen molar-refractivity contribution in [3.8, 4) is 5.75 Å². The van der Waals surface area contributed by atoms with Crippen molar-refractivity contribution in [3.63, 3.8) is 0 Å². The molecule has 5 nitrogen and oxygen atoms in total. The Kier molecular flexibility index (Phi) is 4.14. The van der Waals surface area contributed by atoms with Crippen molar-refractivity contribution in [2.45, 2.75) is 18.9 Å². The number of hydrogen-bond acceptors (Lipinski definition) is 3. The minimum absolute atomic E-state index is 0.0273. The fourth-order valence-corrected chi connectivity index (χ4v) is 3.51. The maximum Gasteiger partial charge on any atom is 0.261 e. The molecule has 128 valence electrons. The maximum atomic E-state index is 12.6. The Balaban J connectivity index is 1.43. The Labute approximate surface area is 146 Å². The van der Waals surface area contributed by atoms with E-state index in [9.17, 15) is 4.79 Å². The van der Waals surface area contributed by atoms with Gasteiger partial charge >= 0.3 is 0 Å². The quantitative estimate of drug-likeness (QED) is 0.735. The largest absolute Gasteiger partial charge is 0.484 e. The lowest BCUT2D eigenvalue weighted by atomic mass is 10.1. The van der Waals surface area contributed by atoms with Gasteiger partial charge in [0, 0.05) is 25.4 Å². The highest BCUT2D eigenvalue weighted by Gasteiger charge is 2.30. The SMILES string of the molecule is Cn1cc([C@H]2CCCN2C(=O)COc2ccc3ccccc3c2)cn1. The van der Waals surface area contributed by atoms with Crippen LogP contribution in [0.25, 0.3) is 10.8 Å². The number of fused-ring (bicyclic) bond motifs is 1. The van der Waals surface area contributed by atoms with Gasteiger partial charge in [-0.1, -0.05) is 30.3 Å². The van der Waals surface area contributed by atoms with E-state index in [1.54, 1.807) is 4.68 Å². The molecule has 0 unspecified atom stereocenters. The number of likely N-dealkylation sites (tertiary alicyclic amines) is 1. The van der Waals surface area contributed by atoms with Gasteiger partial charge in [0.1, 0.15) is 5.75 Å². The lowest BCUT2D eigenvalue weighted by Crippen LogP contribution is -2.34. The number of benzene rings is 2. The number of carbonyl (C=O) groups excluding carboxylic acids is 1. The topological polar surface area (TPSA) is 47.4 Å². The summed E-state index contributed by atoms with van der Waals surface area (Å²) in [6.07, 6.45) is 5.83. The number of amides is 1. The smallest absolute Gasteiger partial charge is 0.261 e. The van der Waals surface area contributed by atoms with Gasteiger partial charge in [-0.05, 0) is 35.7 Å². The van der Waals surface area contributed by atoms with Crippen molar-refractivity contribution in [2.24, 2.45) is 7.05 Å². The summed E-state index contributed by atoms with van der Waals surface area (Å²) in [5.74, 6) is 0.753. The number of carbonyl (C=O) groups is 1. The molecule has 0 bridgehead atoms. The molecule has 0 aliphatic carbocycles. The molecule has 0 radical (unpaired) electrons. The molecule has 1 saturated heterocycles. The van der Waals surface area contributed by atoms with Gasteiger partial charge in [0.2, 0.25) is 0 Å². The molecule has 5 heteroatoms. The first-order chi connectivity index (χ1) is 12.2. The molecule has 2 aromatic carbocycles. The van der Waals surface area contributed by atoms with Crippen LogP contribution in [0.4, 0.5) is 0 Å². The zero-order chi connectivity index (χ0) is 17.2. The first kappa shape index (κ1) is 15.7. The molecule has 25 heavy (non-hydrogen) atoms. The average Bonchev–Trinajstić information content (AvgIpc) is 3.28. The molecule has 0 saturated carbocycles. The van der Waals surface area contributed by atoms with Crippen LogP contribution < -0.4 is 4.74 Å². The lowest BCUT2D eigenvalue weighted by molar-refractivity contribution is -0.134. The predicted molar refractivity (Wildman–Crippen MR) is 96.3 cm³/mol. The van der Waals surface area contributed by atoms with Crippen molar-refractivity contribution in [2.75, 3.05) is 13.2 Å². The number of aromatic nitrogens is 2. The van der Waals surface area contributed by atoms with Crippen LogP contribution >= 0.6 is 0 Å². The Morgan fingerprint density at radius 2 is 2.08 bits per heavy atom. The van der Waals surface area contributed by atoms with Crippen molar-refractivity contribution in [3.05, 3.63) is 60.4 Å². The second kappa shape index (κ2) is 6.59. The standard InChI is InChI=1S/C20H21N3O2/c1-22-13-17(12-21-22)19-7-4-10-23(19)20(24)14-25-18-9-8-15-5-2-3-6-16(15)11-18/h2-3,5-6,8-9,11-13,19H,4,7,10,14H2,1H3/t19-/m1/s1. The van der Waals surface area contributed by atoms with Crippen molar-refractivity contribution in [1.82, 2.24) is 14.7 Å². The van der Waals surface area contributed by atoms with E-state index in [0.717, 1.165) is 41.5 Å². The van der Waals surface area contributed by atoms with E-state index in [-0.39, 0.29) is 18.6 Å². The monoisotopic (exact) mass is 335 g/mol. The number of nitrogens with zero attached hydrogens (tertiary/aromatic N) is 3. The van der Waals surface area contributed by atoms with Gasteiger partial charge in [-0.15, -0.1) is 0 Å². The summed E-state index contributed by atoms with van der Waals surface area (Å²) in [5, 5.41) is 6.50. The number of ether oxygens (including phenoxy) is 1. The third-order valence-electron chi connectivity index (χ3n) is 4.77. The maximum absolute atomic E-state index is 12.6. The Hall–Kier alpha value is -2.82. The summed E-state index contributed by atoms with van der Waals surface area (Å²) < 4.78 is 7.55. The van der Waals surface area contributed by atoms with Gasteiger partial charge in [0.15, 0.2) is 6.61 Å². The van der Waals surface area contributed by atoms with Gasteiger partial charge in [-0.25, -0.2) is 0 Å². The second-order valence-corrected chi connectivity index (χ2v) is 6.49. The summed E-state index contributed by atoms with van der Waals surface area (Å²) in [4.78, 5) is 14.6. The third-order valence-corrected chi connectivity index (χ3v) is 4.77. The number of rotatable bonds is 4. The van der Waals surface area contributed by atoms with Crippen LogP contribution in [0.2, 0.25) is 0 Å². The highest BCUT2D eigenvalue weighted by atomic mass is 16.5. The van der Waals surface area contributed by atoms with Gasteiger partial charge in [0.25, 0.3) is 5.91 Å². The van der Waals surface area contributed by atoms with Crippen LogP contribution in [0.3, 0.4) is 0 Å². The summed E-state index contributed by atoms with van der Waals surface area (Å²) in [7, 11) is 1.90. The van der Waals surface area contributed by atoms with E-state index in [2.05, 4.69) is 11.2 Å². The summed E-state index contributed by atoms with van der Waals surface area (Å²) >= 11 is 0. The Morgan fingerprint density at radius 1 is 1.24 bits per heavy atom. The average molecular weight is 335 g/mol. The van der Waals surface area contributed by atoms with E-state index in [1.807, 2.05) is 60.7 Å². The second-order valence-electron chi connectivity index (χ2n) is 6.49. The number of hydrogen-bond donors (Lipinski definition) is 0. The molecule has 3 aromatic rings. The van der Waals surface area contributed by atoms with Crippen LogP contribution in [0.5, 0.6) is 5.75 Å². The van der Waals surface area contributed by atoms with Crippen LogP contribution in [-0.2, 0) is 11.8 Å². The first-order valence-corrected chi connectivity index (χ1v) is 8.60. The minimum atomic E-state index is 0.0273. The molecule has 1 fully saturated rings. The molecular formula is C20H21N3O2. The molecule has 4 rings (SSSR count). The molecule has 1 atom stereocenters. The molecule has 0 N–H and O–H groups in total. The van der Waals surface area contributed by atoms with Gasteiger partial charge < -0.3 is 9.64 Å². The fraction of sp³-hybridized carbons (Fsp3) is 0.300. The van der Waals surface area contributed by atoms with Crippen LogP contribution in [0.1, 0.15) is 24.4 Å². The fourth-order valence-electron chi connectivity index (χ4n) is 3.51. The van der Waals surface area contributed by atoms with Crippen LogP contribution in [0.15, 0.2) is 54.9 Å². The molecule has 2 heterocycles. The predicted octanol–water partition coefficient (Wildman–Crippen LogP) is 3.32. The molecule has 1 aliphatic rings. The summed E-state index contributed by atoms with van der Waals surface area (Å²) in [6, 6.07) is 14.1. The molecule has 0 spiro atoms. The Bertz CT molecular complexity index is 903. The summed E-state index contributed by atoms with van der Waals surface area (Å²) in [5.41, 5.74) is 1.10. The van der Waals surface area contributed by atoms with Crippen molar-refractivity contribution in [1.29, 1.82) is 0 Å². The molecule has 1 aliphatic heterocycles. The van der Waals surface area contributed by atoms with E-state index in [1.165, 1.54) is 0 Å². The number of aryl methyl sites for hydroxylation is 1. The van der Waals surface area contributed by atoms with E-state index in [0.29, 0.717) is 0 Å². The van der Waals surface area contributed by atoms with E-state index >= 15 is 0 Å². The van der Waals surface area contributed by atoms with E-state index < -0.39 is 0 Å². The van der Waals surface area contributed by atoms with Crippen molar-refractivity contribution >= 4 is 16.7 Å².